The van der Waals surface area contributed by atoms with Crippen LogP contribution in [0.3, 0.4) is 0 Å². The lowest BCUT2D eigenvalue weighted by molar-refractivity contribution is 0.484. The predicted molar refractivity (Wildman–Crippen MR) is 61.1 cm³/mol. The van der Waals surface area contributed by atoms with Crippen LogP contribution in [0.4, 0.5) is 10.1 Å². The number of nitrogens with zero attached hydrogens (tertiary/aromatic N) is 1. The molecule has 0 saturated carbocycles. The van der Waals surface area contributed by atoms with Gasteiger partial charge in [-0.2, -0.15) is 0 Å². The fourth-order valence-electron chi connectivity index (χ4n) is 1.85. The molecule has 0 spiro atoms. The molecule has 2 rings (SSSR count). The third-order valence-electron chi connectivity index (χ3n) is 2.64. The van der Waals surface area contributed by atoms with Crippen molar-refractivity contribution in [1.29, 1.82) is 0 Å². The number of anilines is 1. The minimum absolute atomic E-state index is 0.182. The molecule has 82 valence electrons. The number of halogens is 2. The van der Waals surface area contributed by atoms with Gasteiger partial charge in [0.05, 0.1) is 5.02 Å². The summed E-state index contributed by atoms with van der Waals surface area (Å²) in [5, 5.41) is 3.53. The highest BCUT2D eigenvalue weighted by Gasteiger charge is 2.16. The zero-order chi connectivity index (χ0) is 10.8. The summed E-state index contributed by atoms with van der Waals surface area (Å²) in [5.41, 5.74) is 0.908. The highest BCUT2D eigenvalue weighted by atomic mass is 35.5. The van der Waals surface area contributed by atoms with E-state index in [1.54, 1.807) is 6.07 Å². The molecule has 1 fully saturated rings. The molecule has 1 aliphatic heterocycles. The lowest BCUT2D eigenvalue weighted by atomic mass is 10.2. The second kappa shape index (κ2) is 4.37. The van der Waals surface area contributed by atoms with Gasteiger partial charge < -0.3 is 10.2 Å². The fraction of sp³-hybridized carbons (Fsp3) is 0.455. The molecule has 0 unspecified atom stereocenters. The summed E-state index contributed by atoms with van der Waals surface area (Å²) >= 11 is 5.64. The number of hydrogen-bond donors (Lipinski definition) is 1. The van der Waals surface area contributed by atoms with Gasteiger partial charge in [0.25, 0.3) is 0 Å². The Morgan fingerprint density at radius 1 is 1.53 bits per heavy atom. The first-order valence-electron chi connectivity index (χ1n) is 5.10. The lowest BCUT2D eigenvalue weighted by Crippen LogP contribution is -2.49. The van der Waals surface area contributed by atoms with E-state index in [9.17, 15) is 4.39 Å². The lowest BCUT2D eigenvalue weighted by Gasteiger charge is -2.33. The molecule has 1 saturated heterocycles. The van der Waals surface area contributed by atoms with Crippen LogP contribution in [0.5, 0.6) is 0 Å². The zero-order valence-corrected chi connectivity index (χ0v) is 9.39. The van der Waals surface area contributed by atoms with Crippen LogP contribution in [0.1, 0.15) is 6.92 Å². The number of nitrogens with one attached hydrogen (secondary N) is 1. The van der Waals surface area contributed by atoms with Gasteiger partial charge in [-0.15, -0.1) is 0 Å². The summed E-state index contributed by atoms with van der Waals surface area (Å²) in [7, 11) is 0. The van der Waals surface area contributed by atoms with Crippen LogP contribution >= 0.6 is 11.6 Å². The van der Waals surface area contributed by atoms with Gasteiger partial charge in [0, 0.05) is 31.4 Å². The molecule has 0 aliphatic carbocycles. The van der Waals surface area contributed by atoms with Crippen LogP contribution in [0.2, 0.25) is 5.02 Å². The SMILES string of the molecule is C[C@@H]1CN(c2ccc(Cl)c(F)c2)CCN1. The Kier molecular flexibility index (Phi) is 3.12. The minimum atomic E-state index is -0.347. The summed E-state index contributed by atoms with van der Waals surface area (Å²) < 4.78 is 13.3. The third kappa shape index (κ3) is 2.41. The first kappa shape index (κ1) is 10.7. The normalized spacial score (nSPS) is 21.8. The molecule has 0 bridgehead atoms. The van der Waals surface area contributed by atoms with E-state index in [2.05, 4.69) is 17.1 Å². The smallest absolute Gasteiger partial charge is 0.143 e. The maximum Gasteiger partial charge on any atom is 0.143 e. The van der Waals surface area contributed by atoms with Crippen LogP contribution < -0.4 is 10.2 Å². The summed E-state index contributed by atoms with van der Waals surface area (Å²) in [6.45, 7) is 4.87. The molecule has 0 amide bonds. The Morgan fingerprint density at radius 2 is 2.33 bits per heavy atom. The molecule has 0 aromatic heterocycles. The molecular weight excluding hydrogens is 215 g/mol. The molecule has 1 atom stereocenters. The van der Waals surface area contributed by atoms with Gasteiger partial charge in [-0.25, -0.2) is 4.39 Å². The molecule has 2 nitrogen and oxygen atoms in total. The van der Waals surface area contributed by atoms with Crippen molar-refractivity contribution in [3.05, 3.63) is 29.0 Å². The second-order valence-corrected chi connectivity index (χ2v) is 4.31. The van der Waals surface area contributed by atoms with E-state index in [1.807, 2.05) is 6.07 Å². The highest BCUT2D eigenvalue weighted by molar-refractivity contribution is 6.30. The largest absolute Gasteiger partial charge is 0.369 e. The van der Waals surface area contributed by atoms with Crippen molar-refractivity contribution < 1.29 is 4.39 Å². The van der Waals surface area contributed by atoms with Crippen LogP contribution in [-0.2, 0) is 0 Å². The zero-order valence-electron chi connectivity index (χ0n) is 8.63. The Hall–Kier alpha value is -0.800. The maximum atomic E-state index is 13.3. The van der Waals surface area contributed by atoms with E-state index in [0.29, 0.717) is 6.04 Å². The molecule has 15 heavy (non-hydrogen) atoms. The Morgan fingerprint density at radius 3 is 3.00 bits per heavy atom. The van der Waals surface area contributed by atoms with E-state index in [4.69, 9.17) is 11.6 Å². The topological polar surface area (TPSA) is 15.3 Å². The Labute approximate surface area is 94.0 Å². The molecule has 1 N–H and O–H groups in total. The van der Waals surface area contributed by atoms with Crippen molar-refractivity contribution in [3.8, 4) is 0 Å². The van der Waals surface area contributed by atoms with E-state index in [1.165, 1.54) is 6.07 Å². The average Bonchev–Trinajstić information content (AvgIpc) is 2.22. The average molecular weight is 229 g/mol. The van der Waals surface area contributed by atoms with Gasteiger partial charge in [0.2, 0.25) is 0 Å². The monoisotopic (exact) mass is 228 g/mol. The van der Waals surface area contributed by atoms with Gasteiger partial charge in [-0.1, -0.05) is 11.6 Å². The van der Waals surface area contributed by atoms with Gasteiger partial charge in [-0.3, -0.25) is 0 Å². The first-order chi connectivity index (χ1) is 7.16. The highest BCUT2D eigenvalue weighted by Crippen LogP contribution is 2.22. The van der Waals surface area contributed by atoms with Crippen molar-refractivity contribution in [1.82, 2.24) is 5.32 Å². The number of hydrogen-bond acceptors (Lipinski definition) is 2. The minimum Gasteiger partial charge on any atom is -0.369 e. The van der Waals surface area contributed by atoms with Crippen molar-refractivity contribution in [3.63, 3.8) is 0 Å². The summed E-state index contributed by atoms with van der Waals surface area (Å²) in [5.74, 6) is -0.347. The third-order valence-corrected chi connectivity index (χ3v) is 2.94. The van der Waals surface area contributed by atoms with Crippen molar-refractivity contribution in [2.75, 3.05) is 24.5 Å². The molecule has 1 aromatic rings. The summed E-state index contributed by atoms with van der Waals surface area (Å²) in [6.07, 6.45) is 0. The van der Waals surface area contributed by atoms with Crippen LogP contribution in [-0.4, -0.2) is 25.7 Å². The van der Waals surface area contributed by atoms with Gasteiger partial charge in [-0.05, 0) is 25.1 Å². The van der Waals surface area contributed by atoms with Crippen molar-refractivity contribution in [2.24, 2.45) is 0 Å². The Bertz CT molecular complexity index is 356. The molecular formula is C11H14ClFN2. The second-order valence-electron chi connectivity index (χ2n) is 3.90. The van der Waals surface area contributed by atoms with Crippen LogP contribution in [0, 0.1) is 5.82 Å². The fourth-order valence-corrected chi connectivity index (χ4v) is 1.97. The summed E-state index contributed by atoms with van der Waals surface area (Å²) in [4.78, 5) is 2.17. The van der Waals surface area contributed by atoms with Crippen LogP contribution in [0.15, 0.2) is 18.2 Å². The predicted octanol–water partition coefficient (Wildman–Crippen LogP) is 2.28. The quantitative estimate of drug-likeness (QED) is 0.794. The summed E-state index contributed by atoms with van der Waals surface area (Å²) in [6, 6.07) is 5.42. The molecule has 1 aromatic carbocycles. The van der Waals surface area contributed by atoms with E-state index < -0.39 is 0 Å². The van der Waals surface area contributed by atoms with Gasteiger partial charge in [0.15, 0.2) is 0 Å². The Balaban J connectivity index is 2.18. The van der Waals surface area contributed by atoms with Gasteiger partial charge in [0.1, 0.15) is 5.82 Å². The maximum absolute atomic E-state index is 13.3. The van der Waals surface area contributed by atoms with E-state index in [0.717, 1.165) is 25.3 Å². The number of rotatable bonds is 1. The van der Waals surface area contributed by atoms with E-state index >= 15 is 0 Å². The molecule has 1 aliphatic rings. The number of piperazine rings is 1. The molecule has 0 radical (unpaired) electrons. The molecule has 1 heterocycles. The first-order valence-corrected chi connectivity index (χ1v) is 5.48. The molecule has 4 heteroatoms. The van der Waals surface area contributed by atoms with E-state index in [-0.39, 0.29) is 10.8 Å². The van der Waals surface area contributed by atoms with Gasteiger partial charge >= 0.3 is 0 Å². The van der Waals surface area contributed by atoms with Crippen molar-refractivity contribution in [2.45, 2.75) is 13.0 Å². The van der Waals surface area contributed by atoms with Crippen molar-refractivity contribution >= 4 is 17.3 Å². The number of benzene rings is 1. The standard InChI is InChI=1S/C11H14ClFN2/c1-8-7-15(5-4-14-8)9-2-3-10(12)11(13)6-9/h2-3,6,8,14H,4-5,7H2,1H3/t8-/m1/s1. The van der Waals surface area contributed by atoms with Crippen LogP contribution in [0.25, 0.3) is 0 Å².